The highest BCUT2D eigenvalue weighted by Crippen LogP contribution is 2.23. The number of imidazole rings is 1. The lowest BCUT2D eigenvalue weighted by atomic mass is 10.1. The number of rotatable bonds is 3. The second-order valence-corrected chi connectivity index (χ2v) is 5.51. The Balaban J connectivity index is 1.92. The van der Waals surface area contributed by atoms with E-state index in [2.05, 4.69) is 45.7 Å². The van der Waals surface area contributed by atoms with Crippen molar-refractivity contribution < 1.29 is 0 Å². The fourth-order valence-electron chi connectivity index (χ4n) is 2.76. The first kappa shape index (κ1) is 13.6. The molecule has 4 nitrogen and oxygen atoms in total. The molecular weight excluding hydrogens is 284 g/mol. The molecule has 4 aromatic rings. The zero-order valence-electron chi connectivity index (χ0n) is 12.8. The van der Waals surface area contributed by atoms with Crippen molar-refractivity contribution >= 4 is 11.2 Å². The molecule has 0 radical (unpaired) electrons. The Hall–Kier alpha value is -3.01. The topological polar surface area (TPSA) is 43.6 Å². The van der Waals surface area contributed by atoms with Gasteiger partial charge in [0.25, 0.3) is 0 Å². The van der Waals surface area contributed by atoms with Crippen molar-refractivity contribution in [1.82, 2.24) is 19.5 Å². The van der Waals surface area contributed by atoms with E-state index in [-0.39, 0.29) is 0 Å². The maximum Gasteiger partial charge on any atom is 0.161 e. The minimum absolute atomic E-state index is 0.728. The molecule has 0 aliphatic heterocycles. The summed E-state index contributed by atoms with van der Waals surface area (Å²) in [6, 6.07) is 18.2. The van der Waals surface area contributed by atoms with Crippen LogP contribution in [0.1, 0.15) is 11.1 Å². The van der Waals surface area contributed by atoms with Gasteiger partial charge < -0.3 is 4.57 Å². The van der Waals surface area contributed by atoms with E-state index in [1.807, 2.05) is 30.3 Å². The van der Waals surface area contributed by atoms with E-state index in [1.54, 1.807) is 12.4 Å². The Bertz CT molecular complexity index is 957. The smallest absolute Gasteiger partial charge is 0.161 e. The number of nitrogens with zero attached hydrogens (tertiary/aromatic N) is 4. The zero-order chi connectivity index (χ0) is 15.6. The van der Waals surface area contributed by atoms with Crippen LogP contribution in [0.2, 0.25) is 0 Å². The molecule has 0 aliphatic rings. The molecule has 0 spiro atoms. The van der Waals surface area contributed by atoms with Crippen LogP contribution in [0.3, 0.4) is 0 Å². The van der Waals surface area contributed by atoms with E-state index in [0.717, 1.165) is 29.2 Å². The van der Waals surface area contributed by atoms with Gasteiger partial charge in [0.1, 0.15) is 11.2 Å². The monoisotopic (exact) mass is 300 g/mol. The van der Waals surface area contributed by atoms with Gasteiger partial charge in [-0.1, -0.05) is 30.3 Å². The van der Waals surface area contributed by atoms with Crippen LogP contribution in [-0.4, -0.2) is 19.5 Å². The maximum atomic E-state index is 4.75. The number of benzene rings is 1. The quantitative estimate of drug-likeness (QED) is 0.577. The molecule has 0 amide bonds. The lowest BCUT2D eigenvalue weighted by molar-refractivity contribution is 0.814. The van der Waals surface area contributed by atoms with Crippen LogP contribution in [-0.2, 0) is 6.54 Å². The largest absolute Gasteiger partial charge is 0.303 e. The predicted molar refractivity (Wildman–Crippen MR) is 91.0 cm³/mol. The molecule has 3 aromatic heterocycles. The Morgan fingerprint density at radius 3 is 2.52 bits per heavy atom. The molecule has 3 heterocycles. The summed E-state index contributed by atoms with van der Waals surface area (Å²) >= 11 is 0. The van der Waals surface area contributed by atoms with Crippen molar-refractivity contribution in [2.75, 3.05) is 0 Å². The highest BCUT2D eigenvalue weighted by molar-refractivity contribution is 5.76. The van der Waals surface area contributed by atoms with Gasteiger partial charge in [0.2, 0.25) is 0 Å². The number of aromatic nitrogens is 4. The summed E-state index contributed by atoms with van der Waals surface area (Å²) in [5.74, 6) is 0.850. The third kappa shape index (κ3) is 2.48. The van der Waals surface area contributed by atoms with Gasteiger partial charge in [-0.2, -0.15) is 0 Å². The second kappa shape index (κ2) is 5.65. The minimum Gasteiger partial charge on any atom is -0.303 e. The molecule has 0 atom stereocenters. The number of aryl methyl sites for hydroxylation is 1. The third-order valence-electron chi connectivity index (χ3n) is 3.99. The second-order valence-electron chi connectivity index (χ2n) is 5.51. The van der Waals surface area contributed by atoms with Gasteiger partial charge in [0.05, 0.1) is 6.54 Å². The molecule has 112 valence electrons. The fourth-order valence-corrected chi connectivity index (χ4v) is 2.76. The van der Waals surface area contributed by atoms with Gasteiger partial charge in [-0.25, -0.2) is 9.97 Å². The molecule has 0 aliphatic carbocycles. The highest BCUT2D eigenvalue weighted by atomic mass is 15.1. The van der Waals surface area contributed by atoms with E-state index in [4.69, 9.17) is 4.98 Å². The number of hydrogen-bond acceptors (Lipinski definition) is 3. The fraction of sp³-hybridized carbons (Fsp3) is 0.105. The molecular formula is C19H16N4. The molecule has 0 bridgehead atoms. The summed E-state index contributed by atoms with van der Waals surface area (Å²) in [4.78, 5) is 13.7. The molecule has 0 N–H and O–H groups in total. The first-order valence-corrected chi connectivity index (χ1v) is 7.60. The highest BCUT2D eigenvalue weighted by Gasteiger charge is 2.15. The predicted octanol–water partition coefficient (Wildman–Crippen LogP) is 3.85. The number of fused-ring (bicyclic) bond motifs is 1. The van der Waals surface area contributed by atoms with Crippen molar-refractivity contribution in [1.29, 1.82) is 0 Å². The Morgan fingerprint density at radius 1 is 0.870 bits per heavy atom. The number of pyridine rings is 2. The van der Waals surface area contributed by atoms with Crippen LogP contribution < -0.4 is 0 Å². The lowest BCUT2D eigenvalue weighted by Crippen LogP contribution is -2.05. The normalized spacial score (nSPS) is 11.0. The first-order chi connectivity index (χ1) is 11.3. The van der Waals surface area contributed by atoms with Crippen LogP contribution in [0.5, 0.6) is 0 Å². The van der Waals surface area contributed by atoms with Crippen molar-refractivity contribution in [3.05, 3.63) is 78.1 Å². The van der Waals surface area contributed by atoms with E-state index in [0.29, 0.717) is 0 Å². The molecule has 0 saturated carbocycles. The van der Waals surface area contributed by atoms with Crippen molar-refractivity contribution in [3.63, 3.8) is 0 Å². The standard InChI is InChI=1S/C19H16N4/c1-14-7-2-3-8-15(14)13-23-18-17(10-6-12-21-18)22-19(23)16-9-4-5-11-20-16/h2-12H,13H2,1H3. The summed E-state index contributed by atoms with van der Waals surface area (Å²) in [6.07, 6.45) is 3.60. The van der Waals surface area contributed by atoms with Crippen molar-refractivity contribution in [2.45, 2.75) is 13.5 Å². The van der Waals surface area contributed by atoms with Gasteiger partial charge >= 0.3 is 0 Å². The van der Waals surface area contributed by atoms with Crippen LogP contribution in [0.25, 0.3) is 22.7 Å². The van der Waals surface area contributed by atoms with Crippen molar-refractivity contribution in [3.8, 4) is 11.5 Å². The maximum absolute atomic E-state index is 4.75. The summed E-state index contributed by atoms with van der Waals surface area (Å²) in [7, 11) is 0. The van der Waals surface area contributed by atoms with Gasteiger partial charge in [0.15, 0.2) is 11.5 Å². The van der Waals surface area contributed by atoms with E-state index in [9.17, 15) is 0 Å². The van der Waals surface area contributed by atoms with Crippen LogP contribution in [0.15, 0.2) is 67.0 Å². The SMILES string of the molecule is Cc1ccccc1Cn1c(-c2ccccn2)nc2cccnc21. The molecule has 1 aromatic carbocycles. The number of hydrogen-bond donors (Lipinski definition) is 0. The average Bonchev–Trinajstić information content (AvgIpc) is 2.96. The van der Waals surface area contributed by atoms with Crippen LogP contribution >= 0.6 is 0 Å². The summed E-state index contributed by atoms with van der Waals surface area (Å²) < 4.78 is 2.14. The molecule has 0 saturated heterocycles. The third-order valence-corrected chi connectivity index (χ3v) is 3.99. The Labute approximate surface area is 134 Å². The summed E-state index contributed by atoms with van der Waals surface area (Å²) in [6.45, 7) is 2.86. The van der Waals surface area contributed by atoms with Gasteiger partial charge in [0, 0.05) is 12.4 Å². The van der Waals surface area contributed by atoms with Gasteiger partial charge in [-0.05, 0) is 42.3 Å². The van der Waals surface area contributed by atoms with Gasteiger partial charge in [-0.3, -0.25) is 4.98 Å². The molecule has 4 rings (SSSR count). The van der Waals surface area contributed by atoms with Crippen LogP contribution in [0, 0.1) is 6.92 Å². The first-order valence-electron chi connectivity index (χ1n) is 7.60. The Kier molecular flexibility index (Phi) is 3.35. The van der Waals surface area contributed by atoms with Crippen LogP contribution in [0.4, 0.5) is 0 Å². The zero-order valence-corrected chi connectivity index (χ0v) is 12.8. The van der Waals surface area contributed by atoms with Crippen molar-refractivity contribution in [2.24, 2.45) is 0 Å². The minimum atomic E-state index is 0.728. The van der Waals surface area contributed by atoms with Gasteiger partial charge in [-0.15, -0.1) is 0 Å². The molecule has 0 unspecified atom stereocenters. The Morgan fingerprint density at radius 2 is 1.70 bits per heavy atom. The summed E-state index contributed by atoms with van der Waals surface area (Å²) in [5.41, 5.74) is 5.16. The molecule has 23 heavy (non-hydrogen) atoms. The summed E-state index contributed by atoms with van der Waals surface area (Å²) in [5, 5.41) is 0. The lowest BCUT2D eigenvalue weighted by Gasteiger charge is -2.10. The average molecular weight is 300 g/mol. The van der Waals surface area contributed by atoms with E-state index >= 15 is 0 Å². The van der Waals surface area contributed by atoms with E-state index < -0.39 is 0 Å². The molecule has 4 heteroatoms. The van der Waals surface area contributed by atoms with E-state index in [1.165, 1.54) is 11.1 Å². The molecule has 0 fully saturated rings.